The molecule has 3 aliphatic carbocycles. The largest absolute Gasteiger partial charge is 0.509 e. The number of hydrogen-bond donors (Lipinski definition) is 6. The normalized spacial score (nSPS) is 30.6. The minimum absolute atomic E-state index is 0.0830. The molecule has 4 atom stereocenters. The highest BCUT2D eigenvalue weighted by molar-refractivity contribution is 6.25. The first-order valence-electron chi connectivity index (χ1n) is 11.6. The number of carbonyl (C=O) groups is 3. The summed E-state index contributed by atoms with van der Waals surface area (Å²) in [6, 6.07) is 4.87. The Hall–Kier alpha value is -4.44. The first kappa shape index (κ1) is 25.2. The maximum Gasteiger partial charge on any atom is 0.255 e. The number of aliphatic hydroxyl groups excluding tert-OH is 2. The number of aliphatic hydroxyl groups is 2. The molecule has 3 aliphatic rings. The van der Waals surface area contributed by atoms with Crippen molar-refractivity contribution in [1.82, 2.24) is 4.90 Å². The van der Waals surface area contributed by atoms with Gasteiger partial charge in [-0.2, -0.15) is 5.26 Å². The van der Waals surface area contributed by atoms with E-state index in [1.807, 2.05) is 0 Å². The third-order valence-electron chi connectivity index (χ3n) is 7.97. The molecule has 12 nitrogen and oxygen atoms in total. The number of nitrogens with two attached hydrogens (primary N) is 3. The van der Waals surface area contributed by atoms with Gasteiger partial charge in [-0.05, 0) is 50.2 Å². The maximum atomic E-state index is 14.3. The Labute approximate surface area is 216 Å². The summed E-state index contributed by atoms with van der Waals surface area (Å²) in [6.07, 6.45) is 2.32. The molecule has 196 valence electrons. The standard InChI is InChI=1S/C26H25N5O7/c1-31(2)20-19(34)16(23(28)37)21(35)25(10-27)22(36)17-18(33)15-13(7-24(17,29)9-26(20,25)30)12(3-4-14(15)32)11-5-6-38-8-11/h3-6,8,20,32-33,35H,7,9,29-30H2,1-2H3,(H2,28,37)/t20-,24-,25+,26-/m1/s1. The van der Waals surface area contributed by atoms with Crippen molar-refractivity contribution in [2.24, 2.45) is 22.6 Å². The van der Waals surface area contributed by atoms with E-state index in [9.17, 15) is 35.0 Å². The van der Waals surface area contributed by atoms with Gasteiger partial charge in [-0.3, -0.25) is 19.3 Å². The second-order valence-corrected chi connectivity index (χ2v) is 10.3. The van der Waals surface area contributed by atoms with Gasteiger partial charge in [0.2, 0.25) is 0 Å². The second kappa shape index (κ2) is 7.78. The number of phenols is 1. The van der Waals surface area contributed by atoms with E-state index in [2.05, 4.69) is 0 Å². The number of fused-ring (bicyclic) bond motifs is 3. The second-order valence-electron chi connectivity index (χ2n) is 10.3. The predicted octanol–water partition coefficient (Wildman–Crippen LogP) is 0.165. The number of amides is 1. The zero-order valence-electron chi connectivity index (χ0n) is 20.5. The van der Waals surface area contributed by atoms with Gasteiger partial charge in [0, 0.05) is 5.56 Å². The molecular formula is C26H25N5O7. The van der Waals surface area contributed by atoms with Gasteiger partial charge in [0.05, 0.1) is 46.9 Å². The lowest BCUT2D eigenvalue weighted by Crippen LogP contribution is -2.80. The molecule has 0 spiro atoms. The smallest absolute Gasteiger partial charge is 0.255 e. The van der Waals surface area contributed by atoms with E-state index in [1.165, 1.54) is 37.6 Å². The summed E-state index contributed by atoms with van der Waals surface area (Å²) >= 11 is 0. The predicted molar refractivity (Wildman–Crippen MR) is 132 cm³/mol. The molecule has 2 aromatic rings. The quantitative estimate of drug-likeness (QED) is 0.299. The Bertz CT molecular complexity index is 1550. The summed E-state index contributed by atoms with van der Waals surface area (Å²) in [7, 11) is 2.92. The van der Waals surface area contributed by atoms with Crippen LogP contribution in [-0.2, 0) is 20.8 Å². The van der Waals surface area contributed by atoms with Crippen LogP contribution in [-0.4, -0.2) is 68.9 Å². The number of likely N-dealkylation sites (N-methyl/N-ethyl adjacent to an activating group) is 1. The van der Waals surface area contributed by atoms with E-state index in [4.69, 9.17) is 21.6 Å². The Balaban J connectivity index is 1.88. The Morgan fingerprint density at radius 3 is 2.42 bits per heavy atom. The molecule has 1 aromatic heterocycles. The molecule has 1 heterocycles. The van der Waals surface area contributed by atoms with Crippen LogP contribution in [0.4, 0.5) is 0 Å². The van der Waals surface area contributed by atoms with E-state index in [1.54, 1.807) is 18.2 Å². The number of ketones is 2. The molecule has 1 aromatic carbocycles. The molecule has 12 heteroatoms. The number of benzene rings is 1. The maximum absolute atomic E-state index is 14.3. The number of Topliss-reactive ketones (excluding diaryl/α,β-unsaturated/α-hetero) is 2. The summed E-state index contributed by atoms with van der Waals surface area (Å²) in [5.41, 5.74) is 12.5. The Morgan fingerprint density at radius 2 is 1.87 bits per heavy atom. The molecule has 1 fully saturated rings. The zero-order valence-corrected chi connectivity index (χ0v) is 20.5. The van der Waals surface area contributed by atoms with Crippen LogP contribution in [0, 0.1) is 16.7 Å². The van der Waals surface area contributed by atoms with Gasteiger partial charge < -0.3 is 36.9 Å². The minimum atomic E-state index is -2.69. The monoisotopic (exact) mass is 519 g/mol. The highest BCUT2D eigenvalue weighted by atomic mass is 16.3. The minimum Gasteiger partial charge on any atom is -0.509 e. The van der Waals surface area contributed by atoms with Crippen molar-refractivity contribution in [3.63, 3.8) is 0 Å². The van der Waals surface area contributed by atoms with Crippen molar-refractivity contribution in [1.29, 1.82) is 5.26 Å². The number of aromatic hydroxyl groups is 1. The molecule has 0 unspecified atom stereocenters. The van der Waals surface area contributed by atoms with Crippen molar-refractivity contribution in [2.45, 2.75) is 30.0 Å². The van der Waals surface area contributed by atoms with E-state index in [0.717, 1.165) is 0 Å². The number of hydrogen-bond acceptors (Lipinski definition) is 11. The molecule has 0 radical (unpaired) electrons. The number of phenolic OH excluding ortho intramolecular Hbond substituents is 1. The van der Waals surface area contributed by atoms with Crippen molar-refractivity contribution in [3.8, 4) is 22.9 Å². The van der Waals surface area contributed by atoms with Crippen LogP contribution >= 0.6 is 0 Å². The lowest BCUT2D eigenvalue weighted by atomic mass is 9.47. The molecular weight excluding hydrogens is 494 g/mol. The number of furan rings is 1. The average molecular weight is 520 g/mol. The molecule has 1 amide bonds. The van der Waals surface area contributed by atoms with E-state index in [0.29, 0.717) is 16.7 Å². The van der Waals surface area contributed by atoms with Crippen LogP contribution in [0.25, 0.3) is 16.9 Å². The van der Waals surface area contributed by atoms with Crippen LogP contribution in [0.5, 0.6) is 5.75 Å². The van der Waals surface area contributed by atoms with Crippen molar-refractivity contribution >= 4 is 23.2 Å². The first-order valence-corrected chi connectivity index (χ1v) is 11.6. The molecule has 0 saturated heterocycles. The van der Waals surface area contributed by atoms with Gasteiger partial charge >= 0.3 is 0 Å². The molecule has 5 rings (SSSR count). The lowest BCUT2D eigenvalue weighted by molar-refractivity contribution is -0.139. The summed E-state index contributed by atoms with van der Waals surface area (Å²) in [6.45, 7) is 0. The fraction of sp³-hybridized carbons (Fsp3) is 0.308. The zero-order chi connectivity index (χ0) is 27.9. The fourth-order valence-electron chi connectivity index (χ4n) is 6.52. The average Bonchev–Trinajstić information content (AvgIpc) is 3.32. The van der Waals surface area contributed by atoms with E-state index in [-0.39, 0.29) is 17.7 Å². The van der Waals surface area contributed by atoms with Gasteiger partial charge in [0.1, 0.15) is 22.8 Å². The molecule has 9 N–H and O–H groups in total. The Kier molecular flexibility index (Phi) is 5.16. The SMILES string of the molecule is CN(C)[C@@H]1C(=O)C(C(N)=O)=C(O)[C@@]2(C#N)C(=O)C3=C(O)c4c(O)ccc(-c5ccoc5)c4C[C@@]3(N)C[C@@]12N. The van der Waals surface area contributed by atoms with Crippen molar-refractivity contribution in [3.05, 3.63) is 58.8 Å². The molecule has 0 bridgehead atoms. The van der Waals surface area contributed by atoms with Crippen LogP contribution in [0.2, 0.25) is 0 Å². The van der Waals surface area contributed by atoms with Crippen molar-refractivity contribution < 1.29 is 34.1 Å². The van der Waals surface area contributed by atoms with Crippen LogP contribution in [0.15, 0.2) is 52.0 Å². The van der Waals surface area contributed by atoms with E-state index < -0.39 is 69.1 Å². The fourth-order valence-corrected chi connectivity index (χ4v) is 6.52. The highest BCUT2D eigenvalue weighted by Gasteiger charge is 2.74. The summed E-state index contributed by atoms with van der Waals surface area (Å²) in [4.78, 5) is 41.3. The summed E-state index contributed by atoms with van der Waals surface area (Å²) in [5, 5.41) is 43.7. The third-order valence-corrected chi connectivity index (χ3v) is 7.97. The number of nitrogens with zero attached hydrogens (tertiary/aromatic N) is 2. The van der Waals surface area contributed by atoms with Gasteiger partial charge in [0.25, 0.3) is 5.91 Å². The summed E-state index contributed by atoms with van der Waals surface area (Å²) in [5.74, 6) is -5.75. The Morgan fingerprint density at radius 1 is 1.18 bits per heavy atom. The summed E-state index contributed by atoms with van der Waals surface area (Å²) < 4.78 is 5.18. The van der Waals surface area contributed by atoms with Gasteiger partial charge in [-0.15, -0.1) is 0 Å². The number of primary amides is 1. The van der Waals surface area contributed by atoms with Gasteiger partial charge in [0.15, 0.2) is 17.0 Å². The number of carbonyl (C=O) groups excluding carboxylic acids is 3. The van der Waals surface area contributed by atoms with Gasteiger partial charge in [-0.1, -0.05) is 6.07 Å². The molecule has 0 aliphatic heterocycles. The van der Waals surface area contributed by atoms with Gasteiger partial charge in [-0.25, -0.2) is 0 Å². The lowest BCUT2D eigenvalue weighted by Gasteiger charge is -2.58. The van der Waals surface area contributed by atoms with Crippen LogP contribution in [0.1, 0.15) is 17.5 Å². The van der Waals surface area contributed by atoms with E-state index >= 15 is 0 Å². The van der Waals surface area contributed by atoms with Crippen LogP contribution < -0.4 is 17.2 Å². The van der Waals surface area contributed by atoms with Crippen molar-refractivity contribution in [2.75, 3.05) is 14.1 Å². The topological polar surface area (TPSA) is 230 Å². The molecule has 38 heavy (non-hydrogen) atoms. The van der Waals surface area contributed by atoms with Crippen LogP contribution in [0.3, 0.4) is 0 Å². The highest BCUT2D eigenvalue weighted by Crippen LogP contribution is 2.58. The third kappa shape index (κ3) is 2.80. The number of rotatable bonds is 3. The first-order chi connectivity index (χ1) is 17.8. The molecule has 1 saturated carbocycles. The number of nitriles is 1.